The molecule has 1 N–H and O–H groups in total. The Bertz CT molecular complexity index is 814. The van der Waals surface area contributed by atoms with E-state index in [0.717, 1.165) is 36.9 Å². The first-order chi connectivity index (χ1) is 12.6. The molecule has 5 nitrogen and oxygen atoms in total. The van der Waals surface area contributed by atoms with Crippen LogP contribution in [0.5, 0.6) is 0 Å². The molecule has 1 aliphatic rings. The maximum Gasteiger partial charge on any atom is 0.256 e. The van der Waals surface area contributed by atoms with E-state index >= 15 is 0 Å². The van der Waals surface area contributed by atoms with Gasteiger partial charge in [-0.1, -0.05) is 57.0 Å². The summed E-state index contributed by atoms with van der Waals surface area (Å²) in [6, 6.07) is 9.66. The minimum Gasteiger partial charge on any atom is -0.337 e. The average Bonchev–Trinajstić information content (AvgIpc) is 2.68. The Morgan fingerprint density at radius 1 is 1.27 bits per heavy atom. The topological polar surface area (TPSA) is 66.1 Å². The van der Waals surface area contributed by atoms with E-state index in [0.29, 0.717) is 30.9 Å². The van der Waals surface area contributed by atoms with Crippen molar-refractivity contribution >= 4 is 5.91 Å². The fraction of sp³-hybridized carbons (Fsp3) is 0.476. The van der Waals surface area contributed by atoms with Gasteiger partial charge in [0.05, 0.1) is 17.8 Å². The number of rotatable bonds is 6. The molecular formula is C21H27N3O2. The molecule has 0 saturated heterocycles. The van der Waals surface area contributed by atoms with Crippen LogP contribution >= 0.6 is 0 Å². The molecule has 0 spiro atoms. The minimum absolute atomic E-state index is 0.0622. The summed E-state index contributed by atoms with van der Waals surface area (Å²) in [7, 11) is 0. The first-order valence-electron chi connectivity index (χ1n) is 9.60. The number of amides is 1. The SMILES string of the molecule is CCCC[C@H](CC)C(=O)N1CCc2nc(-c3ccccc3)[nH]c(=O)c2C1. The summed E-state index contributed by atoms with van der Waals surface area (Å²) in [6.45, 7) is 5.22. The molecule has 5 heteroatoms. The number of benzene rings is 1. The third-order valence-corrected chi connectivity index (χ3v) is 5.18. The summed E-state index contributed by atoms with van der Waals surface area (Å²) in [5.74, 6) is 0.841. The number of fused-ring (bicyclic) bond motifs is 1. The second-order valence-corrected chi connectivity index (χ2v) is 6.96. The highest BCUT2D eigenvalue weighted by atomic mass is 16.2. The molecule has 1 aromatic carbocycles. The Morgan fingerprint density at radius 3 is 2.73 bits per heavy atom. The fourth-order valence-corrected chi connectivity index (χ4v) is 3.56. The molecule has 0 radical (unpaired) electrons. The molecule has 1 aliphatic heterocycles. The number of carbonyl (C=O) groups is 1. The standard InChI is InChI=1S/C21H27N3O2/c1-3-5-9-15(4-2)21(26)24-13-12-18-17(14-24)20(25)23-19(22-18)16-10-7-6-8-11-16/h6-8,10-11,15H,3-5,9,12-14H2,1-2H3,(H,22,23,25)/t15-/m0/s1. The van der Waals surface area contributed by atoms with Crippen LogP contribution in [-0.2, 0) is 17.8 Å². The molecule has 2 heterocycles. The van der Waals surface area contributed by atoms with E-state index in [-0.39, 0.29) is 17.4 Å². The van der Waals surface area contributed by atoms with Gasteiger partial charge in [0.25, 0.3) is 5.56 Å². The van der Waals surface area contributed by atoms with Gasteiger partial charge in [0.15, 0.2) is 0 Å². The lowest BCUT2D eigenvalue weighted by Gasteiger charge is -2.31. The predicted octanol–water partition coefficient (Wildman–Crippen LogP) is 3.54. The van der Waals surface area contributed by atoms with Crippen LogP contribution in [0.1, 0.15) is 50.8 Å². The number of aromatic nitrogens is 2. The van der Waals surface area contributed by atoms with Crippen molar-refractivity contribution in [1.82, 2.24) is 14.9 Å². The van der Waals surface area contributed by atoms with E-state index in [1.165, 1.54) is 0 Å². The molecule has 0 fully saturated rings. The monoisotopic (exact) mass is 353 g/mol. The van der Waals surface area contributed by atoms with Crippen molar-refractivity contribution in [2.24, 2.45) is 5.92 Å². The van der Waals surface area contributed by atoms with Crippen molar-refractivity contribution in [3.63, 3.8) is 0 Å². The Labute approximate surface area is 154 Å². The summed E-state index contributed by atoms with van der Waals surface area (Å²) in [4.78, 5) is 34.8. The van der Waals surface area contributed by atoms with Crippen LogP contribution in [0.15, 0.2) is 35.1 Å². The maximum absolute atomic E-state index is 12.8. The summed E-state index contributed by atoms with van der Waals surface area (Å²) in [5.41, 5.74) is 2.22. The van der Waals surface area contributed by atoms with Crippen LogP contribution in [-0.4, -0.2) is 27.3 Å². The Hall–Kier alpha value is -2.43. The Kier molecular flexibility index (Phi) is 5.86. The summed E-state index contributed by atoms with van der Waals surface area (Å²) < 4.78 is 0. The molecule has 0 saturated carbocycles. The van der Waals surface area contributed by atoms with Gasteiger partial charge in [0.2, 0.25) is 5.91 Å². The van der Waals surface area contributed by atoms with Gasteiger partial charge in [0, 0.05) is 24.4 Å². The smallest absolute Gasteiger partial charge is 0.256 e. The van der Waals surface area contributed by atoms with E-state index in [1.54, 1.807) is 0 Å². The number of unbranched alkanes of at least 4 members (excludes halogenated alkanes) is 1. The molecule has 1 atom stereocenters. The summed E-state index contributed by atoms with van der Waals surface area (Å²) >= 11 is 0. The molecule has 2 aromatic rings. The molecule has 3 rings (SSSR count). The normalized spacial score (nSPS) is 14.8. The first-order valence-corrected chi connectivity index (χ1v) is 9.60. The van der Waals surface area contributed by atoms with Crippen molar-refractivity contribution in [3.8, 4) is 11.4 Å². The molecule has 0 unspecified atom stereocenters. The summed E-state index contributed by atoms with van der Waals surface area (Å²) in [6.07, 6.45) is 4.57. The van der Waals surface area contributed by atoms with Crippen LogP contribution in [0.3, 0.4) is 0 Å². The molecule has 1 aromatic heterocycles. The van der Waals surface area contributed by atoms with Crippen LogP contribution in [0.4, 0.5) is 0 Å². The van der Waals surface area contributed by atoms with Gasteiger partial charge >= 0.3 is 0 Å². The number of carbonyl (C=O) groups excluding carboxylic acids is 1. The second-order valence-electron chi connectivity index (χ2n) is 6.96. The first kappa shape index (κ1) is 18.4. The third kappa shape index (κ3) is 3.87. The molecule has 1 amide bonds. The number of hydrogen-bond acceptors (Lipinski definition) is 3. The van der Waals surface area contributed by atoms with Crippen molar-refractivity contribution in [1.29, 1.82) is 0 Å². The predicted molar refractivity (Wildman–Crippen MR) is 103 cm³/mol. The van der Waals surface area contributed by atoms with Crippen molar-refractivity contribution in [2.45, 2.75) is 52.5 Å². The van der Waals surface area contributed by atoms with Gasteiger partial charge in [-0.2, -0.15) is 0 Å². The average molecular weight is 353 g/mol. The second kappa shape index (κ2) is 8.30. The Morgan fingerprint density at radius 2 is 2.04 bits per heavy atom. The van der Waals surface area contributed by atoms with Gasteiger partial charge in [-0.15, -0.1) is 0 Å². The van der Waals surface area contributed by atoms with E-state index in [1.807, 2.05) is 35.2 Å². The van der Waals surface area contributed by atoms with Crippen LogP contribution in [0.25, 0.3) is 11.4 Å². The van der Waals surface area contributed by atoms with Crippen LogP contribution < -0.4 is 5.56 Å². The number of hydrogen-bond donors (Lipinski definition) is 1. The lowest BCUT2D eigenvalue weighted by Crippen LogP contribution is -2.42. The third-order valence-electron chi connectivity index (χ3n) is 5.18. The summed E-state index contributed by atoms with van der Waals surface area (Å²) in [5, 5.41) is 0. The quantitative estimate of drug-likeness (QED) is 0.864. The van der Waals surface area contributed by atoms with E-state index in [4.69, 9.17) is 0 Å². The molecule has 138 valence electrons. The lowest BCUT2D eigenvalue weighted by atomic mass is 9.96. The minimum atomic E-state index is -0.132. The number of H-pyrrole nitrogens is 1. The largest absolute Gasteiger partial charge is 0.337 e. The molecule has 0 aliphatic carbocycles. The van der Waals surface area contributed by atoms with E-state index in [2.05, 4.69) is 23.8 Å². The van der Waals surface area contributed by atoms with Crippen molar-refractivity contribution in [3.05, 3.63) is 51.9 Å². The van der Waals surface area contributed by atoms with Crippen LogP contribution in [0, 0.1) is 5.92 Å². The fourth-order valence-electron chi connectivity index (χ4n) is 3.56. The van der Waals surface area contributed by atoms with Crippen molar-refractivity contribution in [2.75, 3.05) is 6.54 Å². The maximum atomic E-state index is 12.8. The highest BCUT2D eigenvalue weighted by Crippen LogP contribution is 2.22. The zero-order chi connectivity index (χ0) is 18.5. The molecule has 0 bridgehead atoms. The Balaban J connectivity index is 1.81. The van der Waals surface area contributed by atoms with Crippen LogP contribution in [0.2, 0.25) is 0 Å². The number of aromatic amines is 1. The number of nitrogens with one attached hydrogen (secondary N) is 1. The molecular weight excluding hydrogens is 326 g/mol. The van der Waals surface area contributed by atoms with E-state index < -0.39 is 0 Å². The van der Waals surface area contributed by atoms with Gasteiger partial charge in [-0.25, -0.2) is 4.98 Å². The zero-order valence-corrected chi connectivity index (χ0v) is 15.6. The molecule has 26 heavy (non-hydrogen) atoms. The number of nitrogens with zero attached hydrogens (tertiary/aromatic N) is 2. The van der Waals surface area contributed by atoms with Crippen molar-refractivity contribution < 1.29 is 4.79 Å². The van der Waals surface area contributed by atoms with E-state index in [9.17, 15) is 9.59 Å². The van der Waals surface area contributed by atoms with Gasteiger partial charge in [-0.3, -0.25) is 9.59 Å². The van der Waals surface area contributed by atoms with Gasteiger partial charge in [0.1, 0.15) is 5.82 Å². The highest BCUT2D eigenvalue weighted by Gasteiger charge is 2.28. The van der Waals surface area contributed by atoms with Gasteiger partial charge in [-0.05, 0) is 12.8 Å². The van der Waals surface area contributed by atoms with Gasteiger partial charge < -0.3 is 9.88 Å². The zero-order valence-electron chi connectivity index (χ0n) is 15.6. The highest BCUT2D eigenvalue weighted by molar-refractivity contribution is 5.79. The lowest BCUT2D eigenvalue weighted by molar-refractivity contribution is -0.136.